The van der Waals surface area contributed by atoms with Crippen LogP contribution < -0.4 is 10.6 Å². The number of nitrogens with zero attached hydrogens (tertiary/aromatic N) is 2. The van der Waals surface area contributed by atoms with Gasteiger partial charge in [0.1, 0.15) is 6.04 Å². The van der Waals surface area contributed by atoms with Crippen LogP contribution in [0.5, 0.6) is 0 Å². The van der Waals surface area contributed by atoms with E-state index in [1.807, 2.05) is 0 Å². The van der Waals surface area contributed by atoms with Gasteiger partial charge in [0, 0.05) is 30.6 Å². The van der Waals surface area contributed by atoms with Gasteiger partial charge in [0.05, 0.1) is 6.61 Å². The molecular weight excluding hydrogens is 250 g/mol. The fourth-order valence-electron chi connectivity index (χ4n) is 1.58. The molecule has 1 aromatic rings. The van der Waals surface area contributed by atoms with Gasteiger partial charge in [0.2, 0.25) is 0 Å². The molecule has 0 bridgehead atoms. The minimum Gasteiger partial charge on any atom is -0.465 e. The van der Waals surface area contributed by atoms with E-state index in [2.05, 4.69) is 23.7 Å². The van der Waals surface area contributed by atoms with E-state index in [1.165, 1.54) is 0 Å². The predicted octanol–water partition coefficient (Wildman–Crippen LogP) is 1.42. The monoisotopic (exact) mass is 271 g/mol. The quantitative estimate of drug-likeness (QED) is 0.760. The zero-order chi connectivity index (χ0) is 13.5. The van der Waals surface area contributed by atoms with Crippen LogP contribution in [0.15, 0.2) is 6.20 Å². The van der Waals surface area contributed by atoms with Crippen molar-refractivity contribution in [1.29, 1.82) is 0 Å². The number of esters is 1. The molecule has 0 aliphatic carbocycles. The average molecular weight is 271 g/mol. The van der Waals surface area contributed by atoms with Crippen molar-refractivity contribution >= 4 is 22.4 Å². The maximum atomic E-state index is 11.4. The van der Waals surface area contributed by atoms with Crippen LogP contribution in [0.1, 0.15) is 25.6 Å². The smallest absolute Gasteiger partial charge is 0.323 e. The molecule has 0 aliphatic rings. The molecule has 18 heavy (non-hydrogen) atoms. The zero-order valence-corrected chi connectivity index (χ0v) is 12.0. The van der Waals surface area contributed by atoms with E-state index >= 15 is 0 Å². The first kappa shape index (κ1) is 14.9. The molecule has 102 valence electrons. The van der Waals surface area contributed by atoms with Crippen LogP contribution in [-0.2, 0) is 16.0 Å². The number of anilines is 1. The van der Waals surface area contributed by atoms with Crippen molar-refractivity contribution in [2.45, 2.75) is 33.2 Å². The second-order valence-corrected chi connectivity index (χ2v) is 4.94. The van der Waals surface area contributed by atoms with Crippen molar-refractivity contribution in [2.24, 2.45) is 5.73 Å². The maximum absolute atomic E-state index is 11.4. The molecule has 5 nitrogen and oxygen atoms in total. The Bertz CT molecular complexity index is 377. The van der Waals surface area contributed by atoms with Crippen LogP contribution in [0.25, 0.3) is 0 Å². The van der Waals surface area contributed by atoms with Gasteiger partial charge in [-0.2, -0.15) is 0 Å². The van der Waals surface area contributed by atoms with Gasteiger partial charge >= 0.3 is 5.97 Å². The third-order valence-electron chi connectivity index (χ3n) is 2.59. The highest BCUT2D eigenvalue weighted by Gasteiger charge is 2.17. The first-order valence-corrected chi connectivity index (χ1v) is 7.05. The van der Waals surface area contributed by atoms with Gasteiger partial charge < -0.3 is 15.4 Å². The molecule has 1 unspecified atom stereocenters. The fourth-order valence-corrected chi connectivity index (χ4v) is 2.68. The molecule has 2 N–H and O–H groups in total. The second kappa shape index (κ2) is 7.33. The Hall–Kier alpha value is -1.14. The molecule has 1 atom stereocenters. The second-order valence-electron chi connectivity index (χ2n) is 3.84. The summed E-state index contributed by atoms with van der Waals surface area (Å²) in [5.41, 5.74) is 5.78. The molecule has 0 radical (unpaired) electrons. The summed E-state index contributed by atoms with van der Waals surface area (Å²) < 4.78 is 4.88. The number of hydrogen-bond acceptors (Lipinski definition) is 6. The number of carbonyl (C=O) groups is 1. The molecule has 0 saturated heterocycles. The number of carbonyl (C=O) groups excluding carboxylic acids is 1. The SMILES string of the molecule is CCOC(=O)C(N)Cc1cnc(N(CC)CC)s1. The molecule has 6 heteroatoms. The number of ether oxygens (including phenoxy) is 1. The van der Waals surface area contributed by atoms with Crippen LogP contribution in [0.4, 0.5) is 5.13 Å². The number of hydrogen-bond donors (Lipinski definition) is 1. The van der Waals surface area contributed by atoms with E-state index in [0.29, 0.717) is 13.0 Å². The molecule has 0 aromatic carbocycles. The maximum Gasteiger partial charge on any atom is 0.323 e. The largest absolute Gasteiger partial charge is 0.465 e. The van der Waals surface area contributed by atoms with Crippen molar-refractivity contribution in [3.05, 3.63) is 11.1 Å². The summed E-state index contributed by atoms with van der Waals surface area (Å²) in [5.74, 6) is -0.352. The lowest BCUT2D eigenvalue weighted by Gasteiger charge is -2.16. The molecule has 1 heterocycles. The van der Waals surface area contributed by atoms with Gasteiger partial charge in [-0.15, -0.1) is 11.3 Å². The molecule has 0 amide bonds. The van der Waals surface area contributed by atoms with Gasteiger partial charge in [0.25, 0.3) is 0 Å². The standard InChI is InChI=1S/C12H21N3O2S/c1-4-15(5-2)12-14-8-9(18-12)7-10(13)11(16)17-6-3/h8,10H,4-7,13H2,1-3H3. The Morgan fingerprint density at radius 2 is 2.17 bits per heavy atom. The van der Waals surface area contributed by atoms with Crippen molar-refractivity contribution in [2.75, 3.05) is 24.6 Å². The number of thiazole rings is 1. The van der Waals surface area contributed by atoms with Gasteiger partial charge in [0.15, 0.2) is 5.13 Å². The van der Waals surface area contributed by atoms with Crippen LogP contribution in [0.2, 0.25) is 0 Å². The minimum atomic E-state index is -0.602. The highest BCUT2D eigenvalue weighted by Crippen LogP contribution is 2.23. The van der Waals surface area contributed by atoms with Crippen LogP contribution in [0.3, 0.4) is 0 Å². The highest BCUT2D eigenvalue weighted by atomic mass is 32.1. The van der Waals surface area contributed by atoms with E-state index in [4.69, 9.17) is 10.5 Å². The van der Waals surface area contributed by atoms with Crippen molar-refractivity contribution in [3.8, 4) is 0 Å². The lowest BCUT2D eigenvalue weighted by Crippen LogP contribution is -2.34. The molecule has 1 rings (SSSR count). The van der Waals surface area contributed by atoms with Gasteiger partial charge in [-0.3, -0.25) is 4.79 Å². The lowest BCUT2D eigenvalue weighted by molar-refractivity contribution is -0.144. The lowest BCUT2D eigenvalue weighted by atomic mass is 10.2. The first-order valence-electron chi connectivity index (χ1n) is 6.24. The van der Waals surface area contributed by atoms with Crippen molar-refractivity contribution < 1.29 is 9.53 Å². The van der Waals surface area contributed by atoms with Crippen molar-refractivity contribution in [3.63, 3.8) is 0 Å². The van der Waals surface area contributed by atoms with E-state index in [-0.39, 0.29) is 5.97 Å². The summed E-state index contributed by atoms with van der Waals surface area (Å²) in [7, 11) is 0. The number of aromatic nitrogens is 1. The van der Waals surface area contributed by atoms with E-state index < -0.39 is 6.04 Å². The van der Waals surface area contributed by atoms with Gasteiger partial charge in [-0.25, -0.2) is 4.98 Å². The van der Waals surface area contributed by atoms with Gasteiger partial charge in [-0.1, -0.05) is 0 Å². The van der Waals surface area contributed by atoms with E-state index in [9.17, 15) is 4.79 Å². The van der Waals surface area contributed by atoms with Gasteiger partial charge in [-0.05, 0) is 20.8 Å². The summed E-state index contributed by atoms with van der Waals surface area (Å²) in [5, 5.41) is 0.978. The Balaban J connectivity index is 2.61. The Morgan fingerprint density at radius 1 is 1.50 bits per heavy atom. The summed E-state index contributed by atoms with van der Waals surface area (Å²) >= 11 is 1.58. The Labute approximate surface area is 112 Å². The van der Waals surface area contributed by atoms with Crippen LogP contribution >= 0.6 is 11.3 Å². The Kier molecular flexibility index (Phi) is 6.07. The average Bonchev–Trinajstić information content (AvgIpc) is 2.79. The molecule has 1 aromatic heterocycles. The summed E-state index contributed by atoms with van der Waals surface area (Å²) in [4.78, 5) is 19.0. The highest BCUT2D eigenvalue weighted by molar-refractivity contribution is 7.15. The van der Waals surface area contributed by atoms with E-state index in [1.54, 1.807) is 24.5 Å². The minimum absolute atomic E-state index is 0.352. The summed E-state index contributed by atoms with van der Waals surface area (Å²) in [6.07, 6.45) is 2.27. The third-order valence-corrected chi connectivity index (χ3v) is 3.67. The van der Waals surface area contributed by atoms with Crippen molar-refractivity contribution in [1.82, 2.24) is 4.98 Å². The topological polar surface area (TPSA) is 68.5 Å². The molecule has 0 spiro atoms. The number of nitrogens with two attached hydrogens (primary N) is 1. The third kappa shape index (κ3) is 3.96. The normalized spacial score (nSPS) is 12.2. The molecule has 0 fully saturated rings. The summed E-state index contributed by atoms with van der Waals surface area (Å²) in [6, 6.07) is -0.602. The van der Waals surface area contributed by atoms with Crippen LogP contribution in [-0.4, -0.2) is 36.7 Å². The Morgan fingerprint density at radius 3 is 2.72 bits per heavy atom. The zero-order valence-electron chi connectivity index (χ0n) is 11.2. The fraction of sp³-hybridized carbons (Fsp3) is 0.667. The number of rotatable bonds is 7. The summed E-state index contributed by atoms with van der Waals surface area (Å²) in [6.45, 7) is 8.17. The molecule has 0 saturated carbocycles. The predicted molar refractivity (Wildman–Crippen MR) is 74.0 cm³/mol. The molecular formula is C12H21N3O2S. The molecule has 0 aliphatic heterocycles. The van der Waals surface area contributed by atoms with Crippen LogP contribution in [0, 0.1) is 0 Å². The van der Waals surface area contributed by atoms with E-state index in [0.717, 1.165) is 23.1 Å². The first-order chi connectivity index (χ1) is 8.62.